The molecule has 1 aliphatic heterocycles. The largest absolute Gasteiger partial charge is 0.421 e. The Morgan fingerprint density at radius 1 is 1.24 bits per heavy atom. The number of fused-ring (bicyclic) bond motifs is 1. The van der Waals surface area contributed by atoms with Crippen LogP contribution in [0, 0.1) is 0 Å². The van der Waals surface area contributed by atoms with Crippen LogP contribution in [0.15, 0.2) is 24.4 Å². The van der Waals surface area contributed by atoms with Crippen LogP contribution < -0.4 is 16.0 Å². The van der Waals surface area contributed by atoms with Crippen LogP contribution in [0.4, 0.5) is 36.3 Å². The molecular formula is C16H14F3N5O. The Balaban J connectivity index is 1.60. The van der Waals surface area contributed by atoms with Gasteiger partial charge in [0.2, 0.25) is 11.9 Å². The van der Waals surface area contributed by atoms with Gasteiger partial charge in [-0.1, -0.05) is 0 Å². The Labute approximate surface area is 140 Å². The predicted molar refractivity (Wildman–Crippen MR) is 85.7 cm³/mol. The van der Waals surface area contributed by atoms with Crippen molar-refractivity contribution in [3.8, 4) is 0 Å². The molecule has 3 N–H and O–H groups in total. The highest BCUT2D eigenvalue weighted by molar-refractivity contribution is 5.99. The molecule has 2 heterocycles. The summed E-state index contributed by atoms with van der Waals surface area (Å²) in [6.45, 7) is 0. The number of nitrogens with zero attached hydrogens (tertiary/aromatic N) is 2. The highest BCUT2D eigenvalue weighted by atomic mass is 19.4. The van der Waals surface area contributed by atoms with E-state index in [-0.39, 0.29) is 30.1 Å². The van der Waals surface area contributed by atoms with Crippen LogP contribution in [0.25, 0.3) is 0 Å². The number of carbonyl (C=O) groups is 1. The number of anilines is 4. The van der Waals surface area contributed by atoms with Gasteiger partial charge >= 0.3 is 6.18 Å². The Hall–Kier alpha value is -2.84. The molecule has 0 radical (unpaired) electrons. The summed E-state index contributed by atoms with van der Waals surface area (Å²) in [6.07, 6.45) is -1.81. The number of benzene rings is 1. The maximum atomic E-state index is 13.1. The molecule has 6 nitrogen and oxygen atoms in total. The number of hydrogen-bond donors (Lipinski definition) is 3. The van der Waals surface area contributed by atoms with Crippen molar-refractivity contribution < 1.29 is 18.0 Å². The lowest BCUT2D eigenvalue weighted by atomic mass is 10.1. The van der Waals surface area contributed by atoms with Gasteiger partial charge in [-0.05, 0) is 36.6 Å². The molecule has 0 bridgehead atoms. The third kappa shape index (κ3) is 3.35. The number of amides is 1. The molecule has 2 aromatic rings. The maximum Gasteiger partial charge on any atom is 0.421 e. The van der Waals surface area contributed by atoms with E-state index < -0.39 is 11.7 Å². The molecule has 1 aromatic heterocycles. The summed E-state index contributed by atoms with van der Waals surface area (Å²) in [4.78, 5) is 19.1. The van der Waals surface area contributed by atoms with E-state index in [1.54, 1.807) is 18.2 Å². The highest BCUT2D eigenvalue weighted by Crippen LogP contribution is 2.36. The number of nitrogens with one attached hydrogen (secondary N) is 3. The van der Waals surface area contributed by atoms with Crippen LogP contribution in [-0.2, 0) is 17.4 Å². The van der Waals surface area contributed by atoms with Crippen LogP contribution in [0.3, 0.4) is 0 Å². The molecule has 1 aromatic carbocycles. The number of hydrogen-bond acceptors (Lipinski definition) is 5. The summed E-state index contributed by atoms with van der Waals surface area (Å²) in [7, 11) is 0. The smallest absolute Gasteiger partial charge is 0.367 e. The Bertz CT molecular complexity index is 848. The van der Waals surface area contributed by atoms with Crippen LogP contribution in [-0.4, -0.2) is 21.9 Å². The highest BCUT2D eigenvalue weighted by Gasteiger charge is 2.36. The first kappa shape index (κ1) is 15.7. The quantitative estimate of drug-likeness (QED) is 0.789. The van der Waals surface area contributed by atoms with Crippen molar-refractivity contribution in [3.63, 3.8) is 0 Å². The van der Waals surface area contributed by atoms with Crippen molar-refractivity contribution in [2.24, 2.45) is 0 Å². The van der Waals surface area contributed by atoms with Crippen LogP contribution in [0.5, 0.6) is 0 Å². The number of carbonyl (C=O) groups excluding carboxylic acids is 1. The second-order valence-corrected chi connectivity index (χ2v) is 6.09. The lowest BCUT2D eigenvalue weighted by Crippen LogP contribution is -2.15. The van der Waals surface area contributed by atoms with Gasteiger partial charge in [-0.25, -0.2) is 4.98 Å². The van der Waals surface area contributed by atoms with E-state index in [0.717, 1.165) is 30.3 Å². The second-order valence-electron chi connectivity index (χ2n) is 6.09. The van der Waals surface area contributed by atoms with Crippen molar-refractivity contribution >= 4 is 29.0 Å². The molecule has 2 aliphatic rings. The predicted octanol–water partition coefficient (Wildman–Crippen LogP) is 3.31. The number of rotatable bonds is 4. The fourth-order valence-corrected chi connectivity index (χ4v) is 2.62. The first-order valence-corrected chi connectivity index (χ1v) is 7.79. The molecule has 0 atom stereocenters. The van der Waals surface area contributed by atoms with Gasteiger partial charge in [-0.15, -0.1) is 0 Å². The third-order valence-corrected chi connectivity index (χ3v) is 4.00. The minimum absolute atomic E-state index is 0.0286. The summed E-state index contributed by atoms with van der Waals surface area (Å²) >= 11 is 0. The molecule has 0 spiro atoms. The van der Waals surface area contributed by atoms with Crippen molar-refractivity contribution in [2.45, 2.75) is 31.5 Å². The Kier molecular flexibility index (Phi) is 3.52. The number of alkyl halides is 3. The maximum absolute atomic E-state index is 13.1. The minimum Gasteiger partial charge on any atom is -0.367 e. The van der Waals surface area contributed by atoms with Crippen molar-refractivity contribution in [1.82, 2.24) is 9.97 Å². The second kappa shape index (κ2) is 5.61. The van der Waals surface area contributed by atoms with Crippen molar-refractivity contribution in [1.29, 1.82) is 0 Å². The van der Waals surface area contributed by atoms with Gasteiger partial charge in [0.15, 0.2) is 0 Å². The molecule has 0 unspecified atom stereocenters. The zero-order valence-electron chi connectivity index (χ0n) is 12.9. The van der Waals surface area contributed by atoms with Crippen LogP contribution in [0.2, 0.25) is 0 Å². The molecule has 1 aliphatic carbocycles. The number of aromatic nitrogens is 2. The summed E-state index contributed by atoms with van der Waals surface area (Å²) < 4.78 is 39.3. The average Bonchev–Trinajstić information content (AvgIpc) is 3.25. The molecule has 4 rings (SSSR count). The molecule has 1 fully saturated rings. The zero-order valence-corrected chi connectivity index (χ0v) is 12.9. The summed E-state index contributed by atoms with van der Waals surface area (Å²) in [6, 6.07) is 5.22. The SMILES string of the molecule is O=C1Cc2cc(Nc3ncc(C(F)(F)F)c(NC4CC4)n3)ccc2N1. The van der Waals surface area contributed by atoms with E-state index in [4.69, 9.17) is 0 Å². The van der Waals surface area contributed by atoms with E-state index >= 15 is 0 Å². The fraction of sp³-hybridized carbons (Fsp3) is 0.312. The normalized spacial score (nSPS) is 16.4. The zero-order chi connectivity index (χ0) is 17.6. The molecule has 1 saturated carbocycles. The molecular weight excluding hydrogens is 335 g/mol. The third-order valence-electron chi connectivity index (χ3n) is 4.00. The number of halogens is 3. The van der Waals surface area contributed by atoms with E-state index in [2.05, 4.69) is 25.9 Å². The van der Waals surface area contributed by atoms with E-state index in [1.807, 2.05) is 0 Å². The fourth-order valence-electron chi connectivity index (χ4n) is 2.62. The van der Waals surface area contributed by atoms with Crippen LogP contribution in [0.1, 0.15) is 24.0 Å². The standard InChI is InChI=1S/C16H14F3N5O/c17-16(18,19)11-7-20-15(24-14(11)21-9-1-2-9)22-10-3-4-12-8(5-10)6-13(25)23-12/h3-5,7,9H,1-2,6H2,(H,23,25)(H2,20,21,22,24). The molecule has 130 valence electrons. The minimum atomic E-state index is -4.52. The van der Waals surface area contributed by atoms with E-state index in [0.29, 0.717) is 5.69 Å². The van der Waals surface area contributed by atoms with Gasteiger partial charge in [-0.3, -0.25) is 4.79 Å². The molecule has 25 heavy (non-hydrogen) atoms. The van der Waals surface area contributed by atoms with Gasteiger partial charge in [-0.2, -0.15) is 18.2 Å². The first-order chi connectivity index (χ1) is 11.9. The van der Waals surface area contributed by atoms with Gasteiger partial charge in [0.1, 0.15) is 11.4 Å². The van der Waals surface area contributed by atoms with Gasteiger partial charge in [0.05, 0.1) is 6.42 Å². The van der Waals surface area contributed by atoms with Crippen molar-refractivity contribution in [3.05, 3.63) is 35.5 Å². The summed E-state index contributed by atoms with van der Waals surface area (Å²) in [5, 5.41) is 8.41. The summed E-state index contributed by atoms with van der Waals surface area (Å²) in [5.74, 6) is -0.243. The van der Waals surface area contributed by atoms with Crippen LogP contribution >= 0.6 is 0 Å². The van der Waals surface area contributed by atoms with Gasteiger partial charge in [0, 0.05) is 23.6 Å². The Morgan fingerprint density at radius 2 is 2.04 bits per heavy atom. The van der Waals surface area contributed by atoms with E-state index in [9.17, 15) is 18.0 Å². The first-order valence-electron chi connectivity index (χ1n) is 7.79. The van der Waals surface area contributed by atoms with E-state index in [1.165, 1.54) is 0 Å². The van der Waals surface area contributed by atoms with Crippen molar-refractivity contribution in [2.75, 3.05) is 16.0 Å². The topological polar surface area (TPSA) is 78.9 Å². The van der Waals surface area contributed by atoms with Gasteiger partial charge < -0.3 is 16.0 Å². The molecule has 0 saturated heterocycles. The summed E-state index contributed by atoms with van der Waals surface area (Å²) in [5.41, 5.74) is 1.28. The average molecular weight is 349 g/mol. The monoisotopic (exact) mass is 349 g/mol. The molecule has 1 amide bonds. The van der Waals surface area contributed by atoms with Gasteiger partial charge in [0.25, 0.3) is 0 Å². The Morgan fingerprint density at radius 3 is 2.76 bits per heavy atom. The molecule has 9 heteroatoms. The lowest BCUT2D eigenvalue weighted by molar-refractivity contribution is -0.137. The lowest BCUT2D eigenvalue weighted by Gasteiger charge is -2.14.